The molecule has 6 rings (SSSR count). The third-order valence-electron chi connectivity index (χ3n) is 15.3. The molecule has 10 nitrogen and oxygen atoms in total. The van der Waals surface area contributed by atoms with E-state index in [-0.39, 0.29) is 34.7 Å². The van der Waals surface area contributed by atoms with Crippen LogP contribution in [0.15, 0.2) is 11.1 Å². The molecule has 0 aromatic rings. The molecule has 5 aliphatic carbocycles. The van der Waals surface area contributed by atoms with Gasteiger partial charge in [-0.2, -0.15) is 0 Å². The number of carbonyl (C=O) groups excluding carboxylic acids is 2. The number of Topliss-reactive ketones (excluding diaryl/α,β-unsaturated/α-hetero) is 1. The van der Waals surface area contributed by atoms with E-state index < -0.39 is 66.3 Å². The second-order valence-corrected chi connectivity index (χ2v) is 18.0. The molecule has 6 aliphatic rings. The van der Waals surface area contributed by atoms with Gasteiger partial charge in [0.15, 0.2) is 12.1 Å². The van der Waals surface area contributed by atoms with Crippen molar-refractivity contribution in [1.82, 2.24) is 0 Å². The lowest BCUT2D eigenvalue weighted by Gasteiger charge is -2.71. The minimum absolute atomic E-state index is 0.0418. The highest BCUT2D eigenvalue weighted by atomic mass is 16.7. The van der Waals surface area contributed by atoms with Gasteiger partial charge >= 0.3 is 5.97 Å². The zero-order valence-corrected chi connectivity index (χ0v) is 30.2. The van der Waals surface area contributed by atoms with Crippen LogP contribution in [0, 0.1) is 50.7 Å². The second kappa shape index (κ2) is 12.1. The van der Waals surface area contributed by atoms with Crippen molar-refractivity contribution in [2.75, 3.05) is 13.2 Å². The van der Waals surface area contributed by atoms with Crippen LogP contribution in [0.1, 0.15) is 107 Å². The fourth-order valence-electron chi connectivity index (χ4n) is 12.9. The van der Waals surface area contributed by atoms with E-state index in [0.29, 0.717) is 30.5 Å². The van der Waals surface area contributed by atoms with Gasteiger partial charge in [0, 0.05) is 30.9 Å². The van der Waals surface area contributed by atoms with Gasteiger partial charge in [-0.15, -0.1) is 0 Å². The van der Waals surface area contributed by atoms with Gasteiger partial charge in [0.05, 0.1) is 6.61 Å². The van der Waals surface area contributed by atoms with Gasteiger partial charge in [-0.25, -0.2) is 0 Å². The molecule has 272 valence electrons. The second-order valence-electron chi connectivity index (χ2n) is 18.0. The van der Waals surface area contributed by atoms with Crippen LogP contribution in [0.5, 0.6) is 0 Å². The summed E-state index contributed by atoms with van der Waals surface area (Å²) < 4.78 is 18.3. The van der Waals surface area contributed by atoms with E-state index >= 15 is 0 Å². The predicted octanol–water partition coefficient (Wildman–Crippen LogP) is 3.69. The molecule has 1 saturated heterocycles. The van der Waals surface area contributed by atoms with Crippen LogP contribution >= 0.6 is 0 Å². The molecule has 48 heavy (non-hydrogen) atoms. The van der Waals surface area contributed by atoms with Crippen molar-refractivity contribution in [2.45, 2.75) is 150 Å². The zero-order chi connectivity index (χ0) is 35.4. The quantitative estimate of drug-likeness (QED) is 0.207. The highest BCUT2D eigenvalue weighted by Gasteiger charge is 2.71. The molecule has 0 spiro atoms. The lowest BCUT2D eigenvalue weighted by Crippen LogP contribution is -2.70. The Morgan fingerprint density at radius 2 is 1.65 bits per heavy atom. The van der Waals surface area contributed by atoms with Crippen molar-refractivity contribution in [1.29, 1.82) is 0 Å². The van der Waals surface area contributed by atoms with Gasteiger partial charge in [-0.1, -0.05) is 54.0 Å². The fourth-order valence-corrected chi connectivity index (χ4v) is 12.9. The SMILES string of the molecule is CC(=O)O[C@@H]1C[C@@]2(CO)C(CC[C@]3(C)C2CCC2=C4C(=O)CC(C(C)C)C4(C)CC[C@]23C)C(C)(C)[C@H]1O[C@@H]1O[C@H](CO)[C@@H](O)[C@H](O)[C@H]1O. The standard InChI is InChI=1S/C38H60O10/c1-19(2)22-15-23(42)28-21-9-10-27-37(8,36(21,7)14-13-35(22,28)6)12-11-26-34(4,5)32(24(46-20(3)41)16-38(26,27)18-40)48-33-31(45)30(44)29(43)25(17-39)47-33/h19,22,24-27,29-33,39-40,43-45H,9-18H2,1-8H3/t22?,24-,25-,26?,27?,29-,30+,31-,32+,33+,35?,36-,37-,38-/m1/s1. The Bertz CT molecular complexity index is 1320. The number of aliphatic hydroxyl groups excluding tert-OH is 5. The monoisotopic (exact) mass is 676 g/mol. The number of hydrogen-bond acceptors (Lipinski definition) is 10. The van der Waals surface area contributed by atoms with Crippen molar-refractivity contribution < 1.29 is 49.3 Å². The molecule has 0 aromatic heterocycles. The van der Waals surface area contributed by atoms with Crippen molar-refractivity contribution in [3.63, 3.8) is 0 Å². The molecule has 14 atom stereocenters. The Morgan fingerprint density at radius 3 is 2.25 bits per heavy atom. The maximum Gasteiger partial charge on any atom is 0.302 e. The van der Waals surface area contributed by atoms with E-state index in [1.54, 1.807) is 0 Å². The molecule has 0 amide bonds. The summed E-state index contributed by atoms with van der Waals surface area (Å²) in [6.45, 7) is 16.4. The van der Waals surface area contributed by atoms with Gasteiger partial charge in [0.25, 0.3) is 0 Å². The van der Waals surface area contributed by atoms with Crippen LogP contribution in [-0.2, 0) is 23.8 Å². The number of allylic oxidation sites excluding steroid dienone is 2. The van der Waals surface area contributed by atoms with Gasteiger partial charge in [0.1, 0.15) is 36.6 Å². The molecule has 4 saturated carbocycles. The first kappa shape index (κ1) is 36.4. The number of hydrogen-bond donors (Lipinski definition) is 5. The minimum atomic E-state index is -1.60. The topological polar surface area (TPSA) is 163 Å². The predicted molar refractivity (Wildman–Crippen MR) is 176 cm³/mol. The van der Waals surface area contributed by atoms with Crippen LogP contribution < -0.4 is 0 Å². The average Bonchev–Trinajstić information content (AvgIpc) is 3.29. The number of aliphatic hydroxyl groups is 5. The molecule has 0 aromatic carbocycles. The summed E-state index contributed by atoms with van der Waals surface area (Å²) in [4.78, 5) is 26.5. The highest BCUT2D eigenvalue weighted by Crippen LogP contribution is 2.76. The molecule has 0 radical (unpaired) electrons. The number of ether oxygens (including phenoxy) is 3. The van der Waals surface area contributed by atoms with E-state index in [1.807, 2.05) is 0 Å². The summed E-state index contributed by atoms with van der Waals surface area (Å²) in [5.41, 5.74) is 0.659. The van der Waals surface area contributed by atoms with Crippen molar-refractivity contribution in [2.24, 2.45) is 50.7 Å². The van der Waals surface area contributed by atoms with Gasteiger partial charge in [-0.3, -0.25) is 9.59 Å². The summed E-state index contributed by atoms with van der Waals surface area (Å²) in [6, 6.07) is 0. The molecular formula is C38H60O10. The third-order valence-corrected chi connectivity index (χ3v) is 15.3. The Labute approximate surface area is 285 Å². The molecule has 5 N–H and O–H groups in total. The van der Waals surface area contributed by atoms with E-state index in [1.165, 1.54) is 12.5 Å². The molecule has 1 aliphatic heterocycles. The molecule has 0 bridgehead atoms. The normalized spacial score (nSPS) is 50.0. The maximum absolute atomic E-state index is 13.8. The van der Waals surface area contributed by atoms with Crippen LogP contribution in [0.4, 0.5) is 0 Å². The van der Waals surface area contributed by atoms with E-state index in [4.69, 9.17) is 14.2 Å². The summed E-state index contributed by atoms with van der Waals surface area (Å²) >= 11 is 0. The molecule has 1 heterocycles. The Kier molecular flexibility index (Phi) is 9.17. The number of ketones is 1. The average molecular weight is 677 g/mol. The van der Waals surface area contributed by atoms with Crippen LogP contribution in [0.3, 0.4) is 0 Å². The van der Waals surface area contributed by atoms with Crippen LogP contribution in [0.25, 0.3) is 0 Å². The first-order chi connectivity index (χ1) is 22.3. The Hall–Kier alpha value is -1.40. The summed E-state index contributed by atoms with van der Waals surface area (Å²) in [5, 5.41) is 53.1. The largest absolute Gasteiger partial charge is 0.460 e. The summed E-state index contributed by atoms with van der Waals surface area (Å²) in [7, 11) is 0. The van der Waals surface area contributed by atoms with Crippen LogP contribution in [-0.4, -0.2) is 93.4 Å². The lowest BCUT2D eigenvalue weighted by atomic mass is 9.34. The highest BCUT2D eigenvalue weighted by molar-refractivity contribution is 6.00. The van der Waals surface area contributed by atoms with Gasteiger partial charge in [0.2, 0.25) is 0 Å². The van der Waals surface area contributed by atoms with Gasteiger partial charge in [-0.05, 0) is 90.3 Å². The number of esters is 1. The minimum Gasteiger partial charge on any atom is -0.460 e. The number of fused-ring (bicyclic) bond motifs is 6. The molecular weight excluding hydrogens is 616 g/mol. The number of rotatable bonds is 6. The summed E-state index contributed by atoms with van der Waals surface area (Å²) in [6.07, 6.45) is -2.48. The third kappa shape index (κ3) is 4.90. The van der Waals surface area contributed by atoms with Crippen LogP contribution in [0.2, 0.25) is 0 Å². The van der Waals surface area contributed by atoms with E-state index in [0.717, 1.165) is 44.1 Å². The fraction of sp³-hybridized carbons (Fsp3) is 0.895. The first-order valence-corrected chi connectivity index (χ1v) is 18.4. The van der Waals surface area contributed by atoms with E-state index in [9.17, 15) is 35.1 Å². The van der Waals surface area contributed by atoms with E-state index in [2.05, 4.69) is 48.5 Å². The maximum atomic E-state index is 13.8. The molecule has 5 fully saturated rings. The molecule has 4 unspecified atom stereocenters. The smallest absolute Gasteiger partial charge is 0.302 e. The van der Waals surface area contributed by atoms with Gasteiger partial charge < -0.3 is 39.7 Å². The van der Waals surface area contributed by atoms with Crippen molar-refractivity contribution in [3.05, 3.63) is 11.1 Å². The Morgan fingerprint density at radius 1 is 0.958 bits per heavy atom. The zero-order valence-electron chi connectivity index (χ0n) is 30.2. The number of carbonyl (C=O) groups is 2. The molecule has 10 heteroatoms. The van der Waals surface area contributed by atoms with Crippen molar-refractivity contribution >= 4 is 11.8 Å². The Balaban J connectivity index is 1.39. The van der Waals surface area contributed by atoms with Crippen molar-refractivity contribution in [3.8, 4) is 0 Å². The first-order valence-electron chi connectivity index (χ1n) is 18.4. The summed E-state index contributed by atoms with van der Waals surface area (Å²) in [5.74, 6) is 0.674. The lowest BCUT2D eigenvalue weighted by molar-refractivity contribution is -0.344.